The third-order valence-electron chi connectivity index (χ3n) is 9.21. The second kappa shape index (κ2) is 35.7. The molecule has 0 aromatic heterocycles. The number of carboxylic acid groups (broad SMARTS) is 1. The van der Waals surface area contributed by atoms with Crippen molar-refractivity contribution in [2.75, 3.05) is 6.61 Å². The fraction of sp³-hybridized carbons (Fsp3) is 0.950. The lowest BCUT2D eigenvalue weighted by Gasteiger charge is -2.20. The highest BCUT2D eigenvalue weighted by Gasteiger charge is 2.21. The van der Waals surface area contributed by atoms with Crippen molar-refractivity contribution in [3.05, 3.63) is 0 Å². The molecule has 0 aromatic rings. The van der Waals surface area contributed by atoms with Gasteiger partial charge in [-0.3, -0.25) is 9.59 Å². The summed E-state index contributed by atoms with van der Waals surface area (Å²) < 4.78 is 12.0. The Balaban J connectivity index is 4.50. The molecular formula is C40H78O5. The Morgan fingerprint density at radius 2 is 0.778 bits per heavy atom. The number of carbonyl (C=O) groups excluding carboxylic acids is 1. The summed E-state index contributed by atoms with van der Waals surface area (Å²) >= 11 is 0. The van der Waals surface area contributed by atoms with Crippen LogP contribution >= 0.6 is 0 Å². The fourth-order valence-corrected chi connectivity index (χ4v) is 6.27. The zero-order valence-corrected chi connectivity index (χ0v) is 30.6. The molecule has 2 atom stereocenters. The molecule has 0 aromatic carbocycles. The van der Waals surface area contributed by atoms with E-state index in [0.29, 0.717) is 13.0 Å². The minimum Gasteiger partial charge on any atom is -0.481 e. The minimum absolute atomic E-state index is 0.106. The molecule has 0 amide bonds. The molecule has 0 rings (SSSR count). The van der Waals surface area contributed by atoms with Gasteiger partial charge in [0, 0.05) is 6.61 Å². The lowest BCUT2D eigenvalue weighted by molar-refractivity contribution is -0.156. The van der Waals surface area contributed by atoms with E-state index in [1.54, 1.807) is 0 Å². The van der Waals surface area contributed by atoms with Crippen LogP contribution in [0, 0.1) is 0 Å². The molecule has 5 nitrogen and oxygen atoms in total. The summed E-state index contributed by atoms with van der Waals surface area (Å²) in [4.78, 5) is 24.5. The van der Waals surface area contributed by atoms with Gasteiger partial charge in [-0.25, -0.2) is 0 Å². The van der Waals surface area contributed by atoms with Crippen LogP contribution in [0.1, 0.15) is 226 Å². The van der Waals surface area contributed by atoms with Crippen molar-refractivity contribution in [3.63, 3.8) is 0 Å². The number of rotatable bonds is 37. The first-order valence-corrected chi connectivity index (χ1v) is 20.1. The van der Waals surface area contributed by atoms with Gasteiger partial charge in [-0.15, -0.1) is 0 Å². The average molecular weight is 639 g/mol. The second-order valence-electron chi connectivity index (χ2n) is 13.8. The van der Waals surface area contributed by atoms with Gasteiger partial charge in [-0.1, -0.05) is 188 Å². The van der Waals surface area contributed by atoms with E-state index in [0.717, 1.165) is 32.1 Å². The van der Waals surface area contributed by atoms with Crippen LogP contribution in [0.3, 0.4) is 0 Å². The summed E-state index contributed by atoms with van der Waals surface area (Å²) in [7, 11) is 0. The maximum absolute atomic E-state index is 13.0. The lowest BCUT2D eigenvalue weighted by atomic mass is 10.0. The number of carbonyl (C=O) groups is 2. The van der Waals surface area contributed by atoms with Crippen molar-refractivity contribution in [3.8, 4) is 0 Å². The Morgan fingerprint density at radius 1 is 0.444 bits per heavy atom. The first-order chi connectivity index (χ1) is 22.0. The van der Waals surface area contributed by atoms with Gasteiger partial charge in [0.25, 0.3) is 0 Å². The average Bonchev–Trinajstić information content (AvgIpc) is 3.01. The van der Waals surface area contributed by atoms with Crippen LogP contribution in [-0.4, -0.2) is 35.9 Å². The van der Waals surface area contributed by atoms with Gasteiger partial charge >= 0.3 is 11.9 Å². The van der Waals surface area contributed by atoms with Crippen molar-refractivity contribution >= 4 is 11.9 Å². The molecule has 45 heavy (non-hydrogen) atoms. The molecule has 0 unspecified atom stereocenters. The Kier molecular flexibility index (Phi) is 34.9. The van der Waals surface area contributed by atoms with Crippen molar-refractivity contribution in [1.29, 1.82) is 0 Å². The van der Waals surface area contributed by atoms with Gasteiger partial charge in [0.15, 0.2) is 0 Å². The second-order valence-corrected chi connectivity index (χ2v) is 13.8. The number of aliphatic carboxylic acids is 1. The fourth-order valence-electron chi connectivity index (χ4n) is 6.27. The predicted octanol–water partition coefficient (Wildman–Crippen LogP) is 12.9. The number of hydrogen-bond donors (Lipinski definition) is 1. The first kappa shape index (κ1) is 43.9. The quantitative estimate of drug-likeness (QED) is 0.0541. The number of ether oxygens (including phenoxy) is 2. The highest BCUT2D eigenvalue weighted by Crippen LogP contribution is 2.19. The number of carboxylic acids is 1. The molecule has 0 radical (unpaired) electrons. The Bertz CT molecular complexity index is 622. The van der Waals surface area contributed by atoms with E-state index in [1.807, 2.05) is 0 Å². The SMILES string of the molecule is CCCCCCCCCCCCO[C@H](CCCCCCCCCCC)CC(=O)O[C@H](CCCCCCCCCCC)CC(=O)O. The molecular weight excluding hydrogens is 560 g/mol. The summed E-state index contributed by atoms with van der Waals surface area (Å²) in [6.07, 6.45) is 36.3. The van der Waals surface area contributed by atoms with E-state index in [4.69, 9.17) is 9.47 Å². The minimum atomic E-state index is -0.896. The Hall–Kier alpha value is -1.10. The van der Waals surface area contributed by atoms with Gasteiger partial charge in [0.1, 0.15) is 6.10 Å². The van der Waals surface area contributed by atoms with E-state index in [9.17, 15) is 14.7 Å². The van der Waals surface area contributed by atoms with E-state index in [-0.39, 0.29) is 24.9 Å². The van der Waals surface area contributed by atoms with Crippen LogP contribution in [0.2, 0.25) is 0 Å². The van der Waals surface area contributed by atoms with E-state index in [2.05, 4.69) is 20.8 Å². The standard InChI is InChI=1S/C40H78O5/c1-4-7-10-13-16-19-22-25-28-31-34-44-37(32-29-26-23-20-17-14-11-8-5-2)36-40(43)45-38(35-39(41)42)33-30-27-24-21-18-15-12-9-6-3/h37-38H,4-36H2,1-3H3,(H,41,42)/t37-,38-/m1/s1. The summed E-state index contributed by atoms with van der Waals surface area (Å²) in [6.45, 7) is 7.46. The van der Waals surface area contributed by atoms with Crippen molar-refractivity contribution in [2.45, 2.75) is 238 Å². The molecule has 268 valence electrons. The zero-order chi connectivity index (χ0) is 33.1. The zero-order valence-electron chi connectivity index (χ0n) is 30.6. The van der Waals surface area contributed by atoms with Crippen LogP contribution in [0.15, 0.2) is 0 Å². The molecule has 0 aliphatic carbocycles. The van der Waals surface area contributed by atoms with Crippen molar-refractivity contribution in [2.24, 2.45) is 0 Å². The van der Waals surface area contributed by atoms with Crippen LogP contribution in [0.25, 0.3) is 0 Å². The normalized spacial score (nSPS) is 12.8. The molecule has 5 heteroatoms. The lowest BCUT2D eigenvalue weighted by Crippen LogP contribution is -2.26. The first-order valence-electron chi connectivity index (χ1n) is 20.1. The van der Waals surface area contributed by atoms with Gasteiger partial charge < -0.3 is 14.6 Å². The third kappa shape index (κ3) is 34.1. The topological polar surface area (TPSA) is 72.8 Å². The van der Waals surface area contributed by atoms with Crippen LogP contribution in [0.5, 0.6) is 0 Å². The van der Waals surface area contributed by atoms with E-state index < -0.39 is 12.1 Å². The highest BCUT2D eigenvalue weighted by molar-refractivity contribution is 5.72. The van der Waals surface area contributed by atoms with Crippen LogP contribution in [0.4, 0.5) is 0 Å². The van der Waals surface area contributed by atoms with Gasteiger partial charge in [0.05, 0.1) is 18.9 Å². The molecule has 0 aliphatic heterocycles. The van der Waals surface area contributed by atoms with Gasteiger partial charge in [-0.2, -0.15) is 0 Å². The largest absolute Gasteiger partial charge is 0.481 e. The maximum Gasteiger partial charge on any atom is 0.308 e. The summed E-state index contributed by atoms with van der Waals surface area (Å²) in [6, 6.07) is 0. The predicted molar refractivity (Wildman–Crippen MR) is 192 cm³/mol. The van der Waals surface area contributed by atoms with Gasteiger partial charge in [-0.05, 0) is 25.7 Å². The van der Waals surface area contributed by atoms with E-state index >= 15 is 0 Å². The molecule has 0 bridgehead atoms. The smallest absolute Gasteiger partial charge is 0.308 e. The highest BCUT2D eigenvalue weighted by atomic mass is 16.5. The third-order valence-corrected chi connectivity index (χ3v) is 9.21. The molecule has 0 heterocycles. The molecule has 0 aliphatic rings. The van der Waals surface area contributed by atoms with E-state index in [1.165, 1.54) is 154 Å². The molecule has 0 spiro atoms. The van der Waals surface area contributed by atoms with Crippen molar-refractivity contribution < 1.29 is 24.2 Å². The summed E-state index contributed by atoms with van der Waals surface area (Å²) in [5.41, 5.74) is 0. The number of esters is 1. The number of hydrogen-bond acceptors (Lipinski definition) is 4. The summed E-state index contributed by atoms with van der Waals surface area (Å²) in [5, 5.41) is 9.42. The van der Waals surface area contributed by atoms with Crippen molar-refractivity contribution in [1.82, 2.24) is 0 Å². The molecule has 1 N–H and O–H groups in total. The van der Waals surface area contributed by atoms with Crippen LogP contribution < -0.4 is 0 Å². The van der Waals surface area contributed by atoms with Crippen LogP contribution in [-0.2, 0) is 19.1 Å². The van der Waals surface area contributed by atoms with Gasteiger partial charge in [0.2, 0.25) is 0 Å². The monoisotopic (exact) mass is 639 g/mol. The Morgan fingerprint density at radius 3 is 1.16 bits per heavy atom. The molecule has 0 saturated carbocycles. The Labute approximate surface area is 280 Å². The maximum atomic E-state index is 13.0. The molecule has 0 fully saturated rings. The number of unbranched alkanes of at least 4 members (excludes halogenated alkanes) is 25. The molecule has 0 saturated heterocycles. The summed E-state index contributed by atoms with van der Waals surface area (Å²) in [5.74, 6) is -1.19.